The number of hydrogen-bond donors (Lipinski definition) is 0. The Labute approximate surface area is 87.4 Å². The predicted octanol–water partition coefficient (Wildman–Crippen LogP) is 1.11. The Morgan fingerprint density at radius 3 is 2.29 bits per heavy atom. The van der Waals surface area contributed by atoms with E-state index in [1.54, 1.807) is 0 Å². The minimum Gasteiger partial charge on any atom is -0.302 e. The van der Waals surface area contributed by atoms with Crippen LogP contribution in [0.3, 0.4) is 0 Å². The molecule has 0 spiro atoms. The molecule has 1 saturated heterocycles. The molecule has 3 nitrogen and oxygen atoms in total. The topological polar surface area (TPSA) is 37.1 Å². The molecule has 0 amide bonds. The molecule has 2 rings (SSSR count). The Hall–Kier alpha value is -0.220. The first-order valence-electron chi connectivity index (χ1n) is 5.12. The maximum Gasteiger partial charge on any atom is 0.139 e. The van der Waals surface area contributed by atoms with E-state index in [-0.39, 0.29) is 16.8 Å². The number of hydrogen-bond acceptors (Lipinski definition) is 2. The van der Waals surface area contributed by atoms with Crippen LogP contribution in [0.25, 0.3) is 0 Å². The fraction of sp³-hybridized carbons (Fsp3) is 0.900. The highest BCUT2D eigenvalue weighted by Crippen LogP contribution is 2.48. The molecule has 2 unspecified atom stereocenters. The molecule has 4 heteroatoms. The van der Waals surface area contributed by atoms with Crippen LogP contribution in [0, 0.1) is 5.92 Å². The van der Waals surface area contributed by atoms with Gasteiger partial charge in [0.05, 0.1) is 10.8 Å². The quantitative estimate of drug-likeness (QED) is 0.522. The van der Waals surface area contributed by atoms with Gasteiger partial charge in [-0.05, 0) is 39.5 Å². The highest BCUT2D eigenvalue weighted by Gasteiger charge is 2.59. The van der Waals surface area contributed by atoms with Crippen molar-refractivity contribution in [1.82, 2.24) is 4.31 Å². The summed E-state index contributed by atoms with van der Waals surface area (Å²) >= 11 is 0. The van der Waals surface area contributed by atoms with Crippen LogP contribution >= 0.6 is 0 Å². The van der Waals surface area contributed by atoms with Gasteiger partial charge in [0.15, 0.2) is 0 Å². The highest BCUT2D eigenvalue weighted by molar-refractivity contribution is 7.84. The van der Waals surface area contributed by atoms with Crippen molar-refractivity contribution in [2.24, 2.45) is 5.92 Å². The van der Waals surface area contributed by atoms with Crippen molar-refractivity contribution in [2.45, 2.75) is 50.4 Å². The van der Waals surface area contributed by atoms with Gasteiger partial charge >= 0.3 is 0 Å². The summed E-state index contributed by atoms with van der Waals surface area (Å²) in [6, 6.07) is 0.218. The van der Waals surface area contributed by atoms with Gasteiger partial charge in [0, 0.05) is 6.04 Å². The monoisotopic (exact) mass is 215 g/mol. The van der Waals surface area contributed by atoms with Crippen LogP contribution in [-0.2, 0) is 15.8 Å². The molecule has 1 heterocycles. The maximum absolute atomic E-state index is 12.0. The summed E-state index contributed by atoms with van der Waals surface area (Å²) in [5.74, 6) is 0.636. The van der Waals surface area contributed by atoms with E-state index in [1.807, 2.05) is 25.1 Å². The molecule has 14 heavy (non-hydrogen) atoms. The summed E-state index contributed by atoms with van der Waals surface area (Å²) in [6.07, 6.45) is 3.35. The second kappa shape index (κ2) is 3.14. The van der Waals surface area contributed by atoms with Crippen LogP contribution in [0.15, 0.2) is 0 Å². The molecule has 0 aromatic heterocycles. The predicted molar refractivity (Wildman–Crippen MR) is 56.1 cm³/mol. The molecule has 1 saturated carbocycles. The molecular formula is C10H17NO2S. The zero-order chi connectivity index (χ0) is 10.5. The average molecular weight is 215 g/mol. The molecule has 80 valence electrons. The lowest BCUT2D eigenvalue weighted by molar-refractivity contribution is -0.107. The maximum atomic E-state index is 12.0. The van der Waals surface area contributed by atoms with E-state index >= 15 is 0 Å². The zero-order valence-corrected chi connectivity index (χ0v) is 9.71. The van der Waals surface area contributed by atoms with E-state index in [0.717, 1.165) is 6.29 Å². The van der Waals surface area contributed by atoms with E-state index in [0.29, 0.717) is 5.92 Å². The third-order valence-corrected chi connectivity index (χ3v) is 4.73. The van der Waals surface area contributed by atoms with E-state index in [4.69, 9.17) is 0 Å². The fourth-order valence-electron chi connectivity index (χ4n) is 1.85. The number of rotatable bonds is 3. The third kappa shape index (κ3) is 1.65. The van der Waals surface area contributed by atoms with Gasteiger partial charge in [0.2, 0.25) is 0 Å². The smallest absolute Gasteiger partial charge is 0.139 e. The molecule has 2 fully saturated rings. The standard InChI is InChI=1S/C10H17NO2S/c1-10(2,3)14(13)11-8(6-12)9(11)7-4-5-7/h6-9H,4-5H2,1-3H3/t8-,9?,11?,14+/m0/s1. The summed E-state index contributed by atoms with van der Waals surface area (Å²) < 4.78 is 13.7. The molecule has 2 aliphatic rings. The van der Waals surface area contributed by atoms with E-state index < -0.39 is 11.0 Å². The van der Waals surface area contributed by atoms with Gasteiger partial charge in [0.1, 0.15) is 17.3 Å². The Morgan fingerprint density at radius 2 is 1.93 bits per heavy atom. The van der Waals surface area contributed by atoms with Crippen molar-refractivity contribution in [3.05, 3.63) is 0 Å². The van der Waals surface area contributed by atoms with E-state index in [9.17, 15) is 9.00 Å². The highest BCUT2D eigenvalue weighted by atomic mass is 32.2. The van der Waals surface area contributed by atoms with Crippen LogP contribution in [0.2, 0.25) is 0 Å². The molecule has 1 aliphatic carbocycles. The van der Waals surface area contributed by atoms with Gasteiger partial charge < -0.3 is 4.79 Å². The fourth-order valence-corrected chi connectivity index (χ4v) is 3.34. The second-order valence-corrected chi connectivity index (χ2v) is 7.32. The Kier molecular flexibility index (Phi) is 2.31. The van der Waals surface area contributed by atoms with Crippen molar-refractivity contribution in [2.75, 3.05) is 0 Å². The normalized spacial score (nSPS) is 39.2. The third-order valence-electron chi connectivity index (χ3n) is 2.81. The first kappa shape index (κ1) is 10.3. The minimum absolute atomic E-state index is 0.0671. The van der Waals surface area contributed by atoms with Crippen LogP contribution in [-0.4, -0.2) is 31.6 Å². The summed E-state index contributed by atoms with van der Waals surface area (Å²) in [7, 11) is -1.02. The van der Waals surface area contributed by atoms with Crippen molar-refractivity contribution >= 4 is 17.3 Å². The summed E-state index contributed by atoms with van der Waals surface area (Å²) in [5.41, 5.74) is 0. The Bertz CT molecular complexity index is 280. The van der Waals surface area contributed by atoms with Gasteiger partial charge in [-0.15, -0.1) is 0 Å². The number of carbonyl (C=O) groups is 1. The van der Waals surface area contributed by atoms with Crippen LogP contribution in [0.4, 0.5) is 0 Å². The van der Waals surface area contributed by atoms with E-state index in [2.05, 4.69) is 0 Å². The first-order valence-corrected chi connectivity index (χ1v) is 6.23. The lowest BCUT2D eigenvalue weighted by atomic mass is 10.2. The van der Waals surface area contributed by atoms with Gasteiger partial charge in [-0.1, -0.05) is 0 Å². The molecule has 4 atom stereocenters. The van der Waals surface area contributed by atoms with Gasteiger partial charge in [-0.25, -0.2) is 8.51 Å². The van der Waals surface area contributed by atoms with Crippen LogP contribution in [0.5, 0.6) is 0 Å². The molecule has 0 aromatic carbocycles. The zero-order valence-electron chi connectivity index (χ0n) is 8.90. The Morgan fingerprint density at radius 1 is 1.36 bits per heavy atom. The first-order chi connectivity index (χ1) is 6.46. The van der Waals surface area contributed by atoms with Crippen molar-refractivity contribution in [3.63, 3.8) is 0 Å². The van der Waals surface area contributed by atoms with Gasteiger partial charge in [0.25, 0.3) is 0 Å². The van der Waals surface area contributed by atoms with Crippen LogP contribution in [0.1, 0.15) is 33.6 Å². The van der Waals surface area contributed by atoms with E-state index in [1.165, 1.54) is 12.8 Å². The molecule has 0 aromatic rings. The van der Waals surface area contributed by atoms with Crippen molar-refractivity contribution in [1.29, 1.82) is 0 Å². The van der Waals surface area contributed by atoms with Crippen molar-refractivity contribution in [3.8, 4) is 0 Å². The number of nitrogens with zero attached hydrogens (tertiary/aromatic N) is 1. The number of carbonyl (C=O) groups excluding carboxylic acids is 1. The van der Waals surface area contributed by atoms with Crippen molar-refractivity contribution < 1.29 is 9.00 Å². The molecule has 0 N–H and O–H groups in total. The lowest BCUT2D eigenvalue weighted by Crippen LogP contribution is -2.29. The molecule has 0 bridgehead atoms. The van der Waals surface area contributed by atoms with Gasteiger partial charge in [-0.2, -0.15) is 0 Å². The lowest BCUT2D eigenvalue weighted by Gasteiger charge is -2.18. The molecule has 0 radical (unpaired) electrons. The average Bonchev–Trinajstić information content (AvgIpc) is 2.94. The largest absolute Gasteiger partial charge is 0.302 e. The summed E-state index contributed by atoms with van der Waals surface area (Å²) in [4.78, 5) is 10.8. The summed E-state index contributed by atoms with van der Waals surface area (Å²) in [5, 5.41) is 0. The molecular weight excluding hydrogens is 198 g/mol. The minimum atomic E-state index is -1.02. The Balaban J connectivity index is 2.05. The number of aldehydes is 1. The second-order valence-electron chi connectivity index (χ2n) is 5.18. The van der Waals surface area contributed by atoms with Crippen LogP contribution < -0.4 is 0 Å². The van der Waals surface area contributed by atoms with Gasteiger partial charge in [-0.3, -0.25) is 0 Å². The SMILES string of the molecule is CC(C)(C)[S@@](=O)N1C(C2CC2)[C@@H]1C=O. The summed E-state index contributed by atoms with van der Waals surface area (Å²) in [6.45, 7) is 5.85. The molecule has 1 aliphatic heterocycles.